The van der Waals surface area contributed by atoms with Gasteiger partial charge in [0.15, 0.2) is 0 Å². The summed E-state index contributed by atoms with van der Waals surface area (Å²) in [5.74, 6) is -0.458. The quantitative estimate of drug-likeness (QED) is 0.380. The van der Waals surface area contributed by atoms with Gasteiger partial charge in [-0.25, -0.2) is 4.79 Å². The summed E-state index contributed by atoms with van der Waals surface area (Å²) in [5, 5.41) is 1.88. The fourth-order valence-corrected chi connectivity index (χ4v) is 3.99. The second-order valence-corrected chi connectivity index (χ2v) is 7.07. The molecule has 0 unspecified atom stereocenters. The Hall–Kier alpha value is -3.47. The number of aromatic nitrogens is 2. The van der Waals surface area contributed by atoms with E-state index in [2.05, 4.69) is 4.98 Å². The number of hydrogen-bond donors (Lipinski definition) is 0. The summed E-state index contributed by atoms with van der Waals surface area (Å²) in [7, 11) is 0. The molecule has 0 radical (unpaired) electrons. The zero-order valence-corrected chi connectivity index (χ0v) is 16.9. The molecular weight excluding hydrogens is 364 g/mol. The Morgan fingerprint density at radius 1 is 0.966 bits per heavy atom. The van der Waals surface area contributed by atoms with Gasteiger partial charge in [0.2, 0.25) is 0 Å². The fraction of sp³-hybridized carbons (Fsp3) is 0.208. The van der Waals surface area contributed by atoms with Crippen LogP contribution in [0.4, 0.5) is 0 Å². The van der Waals surface area contributed by atoms with E-state index in [1.807, 2.05) is 62.4 Å². The van der Waals surface area contributed by atoms with E-state index in [4.69, 9.17) is 4.74 Å². The van der Waals surface area contributed by atoms with Crippen LogP contribution in [0.5, 0.6) is 0 Å². The van der Waals surface area contributed by atoms with Gasteiger partial charge in [-0.05, 0) is 45.4 Å². The van der Waals surface area contributed by atoms with Crippen molar-refractivity contribution < 1.29 is 9.53 Å². The Bertz CT molecular complexity index is 1340. The molecule has 2 aromatic heterocycles. The Morgan fingerprint density at radius 3 is 2.38 bits per heavy atom. The van der Waals surface area contributed by atoms with Crippen molar-refractivity contribution in [2.75, 3.05) is 6.61 Å². The lowest BCUT2D eigenvalue weighted by Crippen LogP contribution is -2.23. The number of fused-ring (bicyclic) bond motifs is 3. The number of esters is 1. The molecule has 4 rings (SSSR count). The van der Waals surface area contributed by atoms with Crippen molar-refractivity contribution in [2.45, 2.75) is 27.7 Å². The molecule has 0 saturated heterocycles. The maximum Gasteiger partial charge on any atom is 0.340 e. The first-order chi connectivity index (χ1) is 14.0. The highest BCUT2D eigenvalue weighted by Crippen LogP contribution is 2.31. The normalized spacial score (nSPS) is 11.2. The molecule has 0 fully saturated rings. The van der Waals surface area contributed by atoms with E-state index >= 15 is 0 Å². The maximum atomic E-state index is 13.7. The Balaban J connectivity index is 2.29. The zero-order chi connectivity index (χ0) is 20.7. The number of carbonyl (C=O) groups excluding carboxylic acids is 1. The molecule has 29 heavy (non-hydrogen) atoms. The first-order valence-electron chi connectivity index (χ1n) is 9.63. The molecule has 0 atom stereocenters. The first kappa shape index (κ1) is 18.9. The number of rotatable bonds is 3. The van der Waals surface area contributed by atoms with Gasteiger partial charge < -0.3 is 4.74 Å². The van der Waals surface area contributed by atoms with Crippen molar-refractivity contribution in [3.63, 3.8) is 0 Å². The minimum atomic E-state index is -0.458. The third-order valence-corrected chi connectivity index (χ3v) is 5.23. The molecule has 0 aliphatic rings. The molecule has 0 saturated carbocycles. The van der Waals surface area contributed by atoms with E-state index in [9.17, 15) is 9.59 Å². The van der Waals surface area contributed by atoms with Crippen molar-refractivity contribution in [1.29, 1.82) is 0 Å². The molecule has 4 aromatic rings. The molecule has 5 nitrogen and oxygen atoms in total. The van der Waals surface area contributed by atoms with E-state index < -0.39 is 5.97 Å². The van der Waals surface area contributed by atoms with Gasteiger partial charge in [0.05, 0.1) is 40.1 Å². The van der Waals surface area contributed by atoms with Gasteiger partial charge in [0.25, 0.3) is 5.56 Å². The van der Waals surface area contributed by atoms with Gasteiger partial charge in [-0.3, -0.25) is 14.3 Å². The summed E-state index contributed by atoms with van der Waals surface area (Å²) in [6.45, 7) is 7.58. The van der Waals surface area contributed by atoms with E-state index in [1.165, 1.54) is 0 Å². The summed E-state index contributed by atoms with van der Waals surface area (Å²) in [6.07, 6.45) is 0. The van der Waals surface area contributed by atoms with Gasteiger partial charge >= 0.3 is 5.97 Å². The number of carbonyl (C=O) groups is 1. The van der Waals surface area contributed by atoms with E-state index in [0.29, 0.717) is 27.7 Å². The van der Waals surface area contributed by atoms with Crippen LogP contribution in [0.3, 0.4) is 0 Å². The lowest BCUT2D eigenvalue weighted by Gasteiger charge is -2.18. The number of para-hydroxylation sites is 2. The number of hydrogen-bond acceptors (Lipinski definition) is 4. The topological polar surface area (TPSA) is 61.2 Å². The summed E-state index contributed by atoms with van der Waals surface area (Å²) in [5.41, 5.74) is 3.88. The largest absolute Gasteiger partial charge is 0.462 e. The molecule has 0 amide bonds. The maximum absolute atomic E-state index is 13.7. The van der Waals surface area contributed by atoms with Gasteiger partial charge in [-0.15, -0.1) is 0 Å². The van der Waals surface area contributed by atoms with E-state index in [0.717, 1.165) is 22.2 Å². The number of nitrogens with zero attached hydrogens (tertiary/aromatic N) is 2. The lowest BCUT2D eigenvalue weighted by atomic mass is 9.98. The third-order valence-electron chi connectivity index (χ3n) is 5.23. The standard InChI is InChI=1S/C24H22N2O3/c1-5-29-24(28)21-16(4)25-15(3)20-22(21)17-11-7-9-13-19(17)26(23(20)27)18-12-8-6-10-14(18)2/h6-13H,5H2,1-4H3. The molecule has 0 N–H and O–H groups in total. The second kappa shape index (κ2) is 7.17. The Labute approximate surface area is 168 Å². The predicted molar refractivity (Wildman–Crippen MR) is 115 cm³/mol. The number of aryl methyl sites for hydroxylation is 3. The predicted octanol–water partition coefficient (Wildman–Crippen LogP) is 4.64. The van der Waals surface area contributed by atoms with Gasteiger partial charge in [0.1, 0.15) is 0 Å². The van der Waals surface area contributed by atoms with Crippen LogP contribution in [0.15, 0.2) is 53.3 Å². The molecule has 0 spiro atoms. The molecule has 2 aromatic carbocycles. The minimum absolute atomic E-state index is 0.191. The van der Waals surface area contributed by atoms with Gasteiger partial charge in [-0.1, -0.05) is 36.4 Å². The van der Waals surface area contributed by atoms with Crippen LogP contribution >= 0.6 is 0 Å². The molecule has 5 heteroatoms. The Morgan fingerprint density at radius 2 is 1.66 bits per heavy atom. The third kappa shape index (κ3) is 2.90. The number of benzene rings is 2. The molecule has 146 valence electrons. The van der Waals surface area contributed by atoms with Crippen molar-refractivity contribution in [3.8, 4) is 5.69 Å². The Kier molecular flexibility index (Phi) is 4.66. The summed E-state index contributed by atoms with van der Waals surface area (Å²) in [4.78, 5) is 31.0. The monoisotopic (exact) mass is 386 g/mol. The zero-order valence-electron chi connectivity index (χ0n) is 16.9. The van der Waals surface area contributed by atoms with Crippen LogP contribution in [-0.2, 0) is 4.74 Å². The SMILES string of the molecule is CCOC(=O)c1c(C)nc(C)c2c(=O)n(-c3ccccc3C)c3ccccc3c12. The van der Waals surface area contributed by atoms with Crippen molar-refractivity contribution in [3.05, 3.63) is 81.4 Å². The molecular formula is C24H22N2O3. The number of pyridine rings is 2. The van der Waals surface area contributed by atoms with Crippen molar-refractivity contribution in [2.24, 2.45) is 0 Å². The smallest absolute Gasteiger partial charge is 0.340 e. The first-order valence-corrected chi connectivity index (χ1v) is 9.63. The molecule has 0 bridgehead atoms. The van der Waals surface area contributed by atoms with Crippen LogP contribution in [0.1, 0.15) is 34.2 Å². The van der Waals surface area contributed by atoms with Gasteiger partial charge in [0, 0.05) is 10.8 Å². The van der Waals surface area contributed by atoms with Gasteiger partial charge in [-0.2, -0.15) is 0 Å². The summed E-state index contributed by atoms with van der Waals surface area (Å²) in [6, 6.07) is 15.4. The van der Waals surface area contributed by atoms with Crippen molar-refractivity contribution in [1.82, 2.24) is 9.55 Å². The minimum Gasteiger partial charge on any atom is -0.462 e. The molecule has 0 aliphatic heterocycles. The van der Waals surface area contributed by atoms with E-state index in [1.54, 1.807) is 18.4 Å². The van der Waals surface area contributed by atoms with E-state index in [-0.39, 0.29) is 12.2 Å². The highest BCUT2D eigenvalue weighted by atomic mass is 16.5. The number of ether oxygens (including phenoxy) is 1. The van der Waals surface area contributed by atoms with Crippen LogP contribution < -0.4 is 5.56 Å². The molecule has 0 aliphatic carbocycles. The van der Waals surface area contributed by atoms with Crippen LogP contribution in [-0.4, -0.2) is 22.1 Å². The molecule has 2 heterocycles. The van der Waals surface area contributed by atoms with Crippen LogP contribution in [0.2, 0.25) is 0 Å². The van der Waals surface area contributed by atoms with Crippen LogP contribution in [0.25, 0.3) is 27.4 Å². The average molecular weight is 386 g/mol. The second-order valence-electron chi connectivity index (χ2n) is 7.07. The highest BCUT2D eigenvalue weighted by Gasteiger charge is 2.23. The fourth-order valence-electron chi connectivity index (χ4n) is 3.99. The lowest BCUT2D eigenvalue weighted by molar-refractivity contribution is 0.0527. The van der Waals surface area contributed by atoms with Crippen LogP contribution in [0, 0.1) is 20.8 Å². The average Bonchev–Trinajstić information content (AvgIpc) is 2.69. The summed E-state index contributed by atoms with van der Waals surface area (Å²) < 4.78 is 7.01. The van der Waals surface area contributed by atoms with Crippen molar-refractivity contribution >= 4 is 27.6 Å². The summed E-state index contributed by atoms with van der Waals surface area (Å²) >= 11 is 0. The highest BCUT2D eigenvalue weighted by molar-refractivity contribution is 6.16.